The third kappa shape index (κ3) is 5.83. The van der Waals surface area contributed by atoms with Gasteiger partial charge in [0, 0.05) is 0 Å². The van der Waals surface area contributed by atoms with Gasteiger partial charge in [0.2, 0.25) is 11.8 Å². The highest BCUT2D eigenvalue weighted by Gasteiger charge is 2.18. The first-order chi connectivity index (χ1) is 9.79. The van der Waals surface area contributed by atoms with Crippen LogP contribution in [0.5, 0.6) is 5.75 Å². The number of ether oxygens (including phenoxy) is 1. The Kier molecular flexibility index (Phi) is 6.17. The van der Waals surface area contributed by atoms with Gasteiger partial charge in [0.15, 0.2) is 0 Å². The Labute approximate surface area is 124 Å². The van der Waals surface area contributed by atoms with Crippen molar-refractivity contribution in [2.75, 3.05) is 0 Å². The van der Waals surface area contributed by atoms with Crippen molar-refractivity contribution in [1.82, 2.24) is 5.32 Å². The summed E-state index contributed by atoms with van der Waals surface area (Å²) in [6, 6.07) is 6.30. The molecular weight excluding hydrogens is 270 g/mol. The molecule has 5 N–H and O–H groups in total. The molecule has 0 radical (unpaired) electrons. The molecule has 0 bridgehead atoms. The Bertz CT molecular complexity index is 503. The molecule has 1 rings (SSSR count). The van der Waals surface area contributed by atoms with Crippen molar-refractivity contribution in [2.24, 2.45) is 11.5 Å². The zero-order valence-corrected chi connectivity index (χ0v) is 12.6. The molecule has 2 unspecified atom stereocenters. The average molecular weight is 293 g/mol. The monoisotopic (exact) mass is 293 g/mol. The van der Waals surface area contributed by atoms with E-state index < -0.39 is 17.9 Å². The molecule has 116 valence electrons. The predicted molar refractivity (Wildman–Crippen MR) is 80.6 cm³/mol. The summed E-state index contributed by atoms with van der Waals surface area (Å²) >= 11 is 0. The Hall–Kier alpha value is -2.08. The summed E-state index contributed by atoms with van der Waals surface area (Å²) < 4.78 is 5.61. The minimum absolute atomic E-state index is 0.0779. The molecule has 1 aromatic rings. The number of carbonyl (C=O) groups is 2. The lowest BCUT2D eigenvalue weighted by Gasteiger charge is -2.18. The molecule has 6 heteroatoms. The molecule has 0 fully saturated rings. The smallest absolute Gasteiger partial charge is 0.237 e. The first kappa shape index (κ1) is 17.0. The van der Waals surface area contributed by atoms with E-state index in [1.54, 1.807) is 0 Å². The number of amides is 2. The van der Waals surface area contributed by atoms with Gasteiger partial charge >= 0.3 is 0 Å². The highest BCUT2D eigenvalue weighted by atomic mass is 16.5. The Morgan fingerprint density at radius 3 is 2.52 bits per heavy atom. The molecule has 0 aliphatic heterocycles. The lowest BCUT2D eigenvalue weighted by molar-refractivity contribution is -0.126. The van der Waals surface area contributed by atoms with E-state index in [2.05, 4.69) is 5.32 Å². The van der Waals surface area contributed by atoms with Gasteiger partial charge in [-0.25, -0.2) is 0 Å². The van der Waals surface area contributed by atoms with Crippen LogP contribution in [0.2, 0.25) is 0 Å². The van der Waals surface area contributed by atoms with Crippen LogP contribution in [-0.4, -0.2) is 24.0 Å². The van der Waals surface area contributed by atoms with Crippen molar-refractivity contribution in [3.63, 3.8) is 0 Å². The van der Waals surface area contributed by atoms with Crippen LogP contribution in [0.3, 0.4) is 0 Å². The van der Waals surface area contributed by atoms with E-state index in [0.29, 0.717) is 0 Å². The van der Waals surface area contributed by atoms with Crippen molar-refractivity contribution >= 4 is 11.8 Å². The van der Waals surface area contributed by atoms with Crippen molar-refractivity contribution in [1.29, 1.82) is 0 Å². The fourth-order valence-corrected chi connectivity index (χ4v) is 1.84. The summed E-state index contributed by atoms with van der Waals surface area (Å²) in [4.78, 5) is 22.6. The van der Waals surface area contributed by atoms with Crippen LogP contribution >= 0.6 is 0 Å². The van der Waals surface area contributed by atoms with E-state index in [1.165, 1.54) is 0 Å². The van der Waals surface area contributed by atoms with Crippen molar-refractivity contribution in [3.8, 4) is 5.75 Å². The molecule has 0 saturated carbocycles. The van der Waals surface area contributed by atoms with Gasteiger partial charge in [-0.15, -0.1) is 0 Å². The number of nitrogens with one attached hydrogen (secondary N) is 1. The molecule has 0 saturated heterocycles. The number of hydrogen-bond acceptors (Lipinski definition) is 4. The standard InChI is InChI=1S/C15H23N3O3/c1-9(2)21-12-6-4-5-11(7-12)10(3)18-15(20)13(16)8-14(17)19/h4-7,9-10,13H,8,16H2,1-3H3,(H2,17,19)(H,18,20). The Balaban J connectivity index is 2.68. The predicted octanol–water partition coefficient (Wildman–Crippen LogP) is 0.854. The van der Waals surface area contributed by atoms with Gasteiger partial charge in [-0.2, -0.15) is 0 Å². The molecule has 0 heterocycles. The SMILES string of the molecule is CC(C)Oc1cccc(C(C)NC(=O)C(N)CC(N)=O)c1. The van der Waals surface area contributed by atoms with Gasteiger partial charge in [0.25, 0.3) is 0 Å². The third-order valence-corrected chi connectivity index (χ3v) is 2.85. The van der Waals surface area contributed by atoms with Crippen LogP contribution in [0.15, 0.2) is 24.3 Å². The number of primary amides is 1. The second-order valence-corrected chi connectivity index (χ2v) is 5.25. The molecule has 0 aliphatic rings. The number of hydrogen-bond donors (Lipinski definition) is 3. The van der Waals surface area contributed by atoms with E-state index >= 15 is 0 Å². The maximum absolute atomic E-state index is 11.8. The second kappa shape index (κ2) is 7.64. The lowest BCUT2D eigenvalue weighted by atomic mass is 10.1. The minimum Gasteiger partial charge on any atom is -0.491 e. The highest BCUT2D eigenvalue weighted by Crippen LogP contribution is 2.20. The molecule has 6 nitrogen and oxygen atoms in total. The van der Waals surface area contributed by atoms with Crippen LogP contribution in [0.1, 0.15) is 38.8 Å². The molecule has 0 spiro atoms. The van der Waals surface area contributed by atoms with E-state index in [1.807, 2.05) is 45.0 Å². The van der Waals surface area contributed by atoms with Crippen LogP contribution in [0.25, 0.3) is 0 Å². The van der Waals surface area contributed by atoms with Crippen molar-refractivity contribution < 1.29 is 14.3 Å². The Morgan fingerprint density at radius 2 is 1.95 bits per heavy atom. The molecule has 0 aliphatic carbocycles. The van der Waals surface area contributed by atoms with E-state index in [0.717, 1.165) is 11.3 Å². The minimum atomic E-state index is -0.931. The molecule has 1 aromatic carbocycles. The van der Waals surface area contributed by atoms with Crippen LogP contribution < -0.4 is 21.5 Å². The zero-order chi connectivity index (χ0) is 16.0. The van der Waals surface area contributed by atoms with Crippen LogP contribution in [-0.2, 0) is 9.59 Å². The van der Waals surface area contributed by atoms with E-state index in [-0.39, 0.29) is 18.6 Å². The van der Waals surface area contributed by atoms with Crippen molar-refractivity contribution in [3.05, 3.63) is 29.8 Å². The molecule has 2 amide bonds. The normalized spacial score (nSPS) is 13.6. The van der Waals surface area contributed by atoms with Gasteiger partial charge < -0.3 is 21.5 Å². The maximum Gasteiger partial charge on any atom is 0.237 e. The van der Waals surface area contributed by atoms with E-state index in [9.17, 15) is 9.59 Å². The fraction of sp³-hybridized carbons (Fsp3) is 0.467. The topological polar surface area (TPSA) is 107 Å². The van der Waals surface area contributed by atoms with Gasteiger partial charge in [-0.1, -0.05) is 12.1 Å². The van der Waals surface area contributed by atoms with Crippen LogP contribution in [0.4, 0.5) is 0 Å². The van der Waals surface area contributed by atoms with Gasteiger partial charge in [-0.05, 0) is 38.5 Å². The number of carbonyl (C=O) groups excluding carboxylic acids is 2. The van der Waals surface area contributed by atoms with Crippen LogP contribution in [0, 0.1) is 0 Å². The van der Waals surface area contributed by atoms with Gasteiger partial charge in [0.1, 0.15) is 5.75 Å². The van der Waals surface area contributed by atoms with Gasteiger partial charge in [-0.3, -0.25) is 9.59 Å². The van der Waals surface area contributed by atoms with Gasteiger partial charge in [0.05, 0.1) is 24.6 Å². The number of rotatable bonds is 7. The lowest BCUT2D eigenvalue weighted by Crippen LogP contribution is -2.43. The van der Waals surface area contributed by atoms with E-state index in [4.69, 9.17) is 16.2 Å². The van der Waals surface area contributed by atoms with Crippen molar-refractivity contribution in [2.45, 2.75) is 45.4 Å². The highest BCUT2D eigenvalue weighted by molar-refractivity contribution is 5.87. The average Bonchev–Trinajstić information content (AvgIpc) is 2.37. The summed E-state index contributed by atoms with van der Waals surface area (Å²) in [6.07, 6.45) is -0.0937. The summed E-state index contributed by atoms with van der Waals surface area (Å²) in [5.41, 5.74) is 11.5. The largest absolute Gasteiger partial charge is 0.491 e. The first-order valence-electron chi connectivity index (χ1n) is 6.90. The number of nitrogens with two attached hydrogens (primary N) is 2. The summed E-state index contributed by atoms with van der Waals surface area (Å²) in [6.45, 7) is 5.73. The summed E-state index contributed by atoms with van der Waals surface area (Å²) in [5.74, 6) is -0.265. The molecule has 21 heavy (non-hydrogen) atoms. The quantitative estimate of drug-likeness (QED) is 0.692. The fourth-order valence-electron chi connectivity index (χ4n) is 1.84. The first-order valence-corrected chi connectivity index (χ1v) is 6.90. The molecule has 2 atom stereocenters. The molecule has 0 aromatic heterocycles. The number of benzene rings is 1. The summed E-state index contributed by atoms with van der Waals surface area (Å²) in [5, 5.41) is 2.75. The summed E-state index contributed by atoms with van der Waals surface area (Å²) in [7, 11) is 0. The maximum atomic E-state index is 11.8. The second-order valence-electron chi connectivity index (χ2n) is 5.25. The Morgan fingerprint density at radius 1 is 1.29 bits per heavy atom. The molecular formula is C15H23N3O3. The third-order valence-electron chi connectivity index (χ3n) is 2.85. The zero-order valence-electron chi connectivity index (χ0n) is 12.6.